The van der Waals surface area contributed by atoms with Crippen molar-refractivity contribution in [2.75, 3.05) is 33.1 Å². The highest BCUT2D eigenvalue weighted by Gasteiger charge is 2.16. The molecule has 6 nitrogen and oxygen atoms in total. The number of anilines is 1. The minimum absolute atomic E-state index is 0.0171. The van der Waals surface area contributed by atoms with E-state index in [1.54, 1.807) is 37.4 Å². The zero-order chi connectivity index (χ0) is 17.8. The minimum Gasteiger partial charge on any atom is -0.377 e. The molecule has 1 N–H and O–H groups in total. The van der Waals surface area contributed by atoms with Crippen molar-refractivity contribution < 1.29 is 9.53 Å². The van der Waals surface area contributed by atoms with E-state index in [4.69, 9.17) is 4.74 Å². The highest BCUT2D eigenvalue weighted by molar-refractivity contribution is 7.17. The third-order valence-electron chi connectivity index (χ3n) is 3.74. The van der Waals surface area contributed by atoms with Crippen LogP contribution in [0.1, 0.15) is 5.82 Å². The Kier molecular flexibility index (Phi) is 5.25. The molecule has 0 aliphatic rings. The van der Waals surface area contributed by atoms with Gasteiger partial charge >= 0.3 is 0 Å². The van der Waals surface area contributed by atoms with Crippen LogP contribution in [0.25, 0.3) is 21.3 Å². The standard InChI is InChI=1S/C18H20N4O2S/c1-22(2)15(23)9-19-17-16-13(12-7-5-4-6-8-12)11-25-18(16)21-14(20-17)10-24-3/h4-8,11H,9-10H2,1-3H3,(H,19,20,21). The van der Waals surface area contributed by atoms with Crippen molar-refractivity contribution in [2.24, 2.45) is 0 Å². The van der Waals surface area contributed by atoms with E-state index < -0.39 is 0 Å². The minimum atomic E-state index is -0.0171. The van der Waals surface area contributed by atoms with Gasteiger partial charge in [0.2, 0.25) is 5.91 Å². The van der Waals surface area contributed by atoms with Gasteiger partial charge in [-0.1, -0.05) is 30.3 Å². The van der Waals surface area contributed by atoms with E-state index in [2.05, 4.69) is 32.8 Å². The number of benzene rings is 1. The number of amides is 1. The number of nitrogens with one attached hydrogen (secondary N) is 1. The van der Waals surface area contributed by atoms with Crippen molar-refractivity contribution in [1.82, 2.24) is 14.9 Å². The molecule has 130 valence electrons. The third-order valence-corrected chi connectivity index (χ3v) is 4.62. The molecule has 0 fully saturated rings. The molecule has 0 spiro atoms. The summed E-state index contributed by atoms with van der Waals surface area (Å²) in [7, 11) is 5.08. The second-order valence-electron chi connectivity index (χ2n) is 5.76. The summed E-state index contributed by atoms with van der Waals surface area (Å²) in [6, 6.07) is 10.1. The molecule has 0 unspecified atom stereocenters. The molecule has 0 bridgehead atoms. The van der Waals surface area contributed by atoms with Crippen LogP contribution >= 0.6 is 11.3 Å². The largest absolute Gasteiger partial charge is 0.377 e. The number of aromatic nitrogens is 2. The first-order chi connectivity index (χ1) is 12.1. The molecule has 0 saturated carbocycles. The first kappa shape index (κ1) is 17.3. The van der Waals surface area contributed by atoms with Gasteiger partial charge in [-0.25, -0.2) is 9.97 Å². The fourth-order valence-corrected chi connectivity index (χ4v) is 3.42. The summed E-state index contributed by atoms with van der Waals surface area (Å²) >= 11 is 1.56. The van der Waals surface area contributed by atoms with Gasteiger partial charge in [-0.2, -0.15) is 0 Å². The highest BCUT2D eigenvalue weighted by Crippen LogP contribution is 2.36. The normalized spacial score (nSPS) is 10.8. The second-order valence-corrected chi connectivity index (χ2v) is 6.62. The number of carbonyl (C=O) groups is 1. The van der Waals surface area contributed by atoms with Gasteiger partial charge in [0.15, 0.2) is 5.82 Å². The highest BCUT2D eigenvalue weighted by atomic mass is 32.1. The van der Waals surface area contributed by atoms with Gasteiger partial charge in [0.1, 0.15) is 17.3 Å². The molecule has 1 amide bonds. The van der Waals surface area contributed by atoms with Crippen LogP contribution < -0.4 is 5.32 Å². The monoisotopic (exact) mass is 356 g/mol. The van der Waals surface area contributed by atoms with Crippen LogP contribution in [-0.2, 0) is 16.1 Å². The first-order valence-electron chi connectivity index (χ1n) is 7.86. The van der Waals surface area contributed by atoms with Crippen molar-refractivity contribution in [3.63, 3.8) is 0 Å². The topological polar surface area (TPSA) is 67.3 Å². The maximum absolute atomic E-state index is 12.0. The van der Waals surface area contributed by atoms with E-state index in [-0.39, 0.29) is 12.5 Å². The maximum atomic E-state index is 12.0. The summed E-state index contributed by atoms with van der Waals surface area (Å²) in [4.78, 5) is 23.5. The van der Waals surface area contributed by atoms with Crippen LogP contribution in [0, 0.1) is 0 Å². The lowest BCUT2D eigenvalue weighted by Gasteiger charge is -2.13. The predicted molar refractivity (Wildman–Crippen MR) is 101 cm³/mol. The van der Waals surface area contributed by atoms with Crippen LogP contribution in [0.4, 0.5) is 5.82 Å². The summed E-state index contributed by atoms with van der Waals surface area (Å²) in [6.45, 7) is 0.500. The lowest BCUT2D eigenvalue weighted by molar-refractivity contribution is -0.126. The molecule has 0 atom stereocenters. The van der Waals surface area contributed by atoms with Crippen molar-refractivity contribution in [2.45, 2.75) is 6.61 Å². The van der Waals surface area contributed by atoms with Gasteiger partial charge < -0.3 is 15.0 Å². The summed E-state index contributed by atoms with van der Waals surface area (Å²) in [6.07, 6.45) is 0. The molecular formula is C18H20N4O2S. The number of carbonyl (C=O) groups excluding carboxylic acids is 1. The van der Waals surface area contributed by atoms with Crippen LogP contribution in [0.3, 0.4) is 0 Å². The quantitative estimate of drug-likeness (QED) is 0.735. The number of ether oxygens (including phenoxy) is 1. The number of rotatable bonds is 6. The van der Waals surface area contributed by atoms with E-state index in [1.807, 2.05) is 18.2 Å². The molecule has 0 aliphatic heterocycles. The van der Waals surface area contributed by atoms with E-state index in [1.165, 1.54) is 0 Å². The smallest absolute Gasteiger partial charge is 0.241 e. The van der Waals surface area contributed by atoms with Crippen LogP contribution in [-0.4, -0.2) is 48.5 Å². The number of fused-ring (bicyclic) bond motifs is 1. The summed E-state index contributed by atoms with van der Waals surface area (Å²) in [5.74, 6) is 1.24. The number of hydrogen-bond donors (Lipinski definition) is 1. The zero-order valence-electron chi connectivity index (χ0n) is 14.4. The van der Waals surface area contributed by atoms with Gasteiger partial charge in [-0.05, 0) is 5.56 Å². The molecule has 1 aromatic carbocycles. The fraction of sp³-hybridized carbons (Fsp3) is 0.278. The molecule has 0 saturated heterocycles. The summed E-state index contributed by atoms with van der Waals surface area (Å²) in [5, 5.41) is 6.18. The lowest BCUT2D eigenvalue weighted by atomic mass is 10.1. The van der Waals surface area contributed by atoms with Crippen molar-refractivity contribution in [3.8, 4) is 11.1 Å². The van der Waals surface area contributed by atoms with Gasteiger partial charge in [-0.15, -0.1) is 11.3 Å². The third kappa shape index (κ3) is 3.78. The molecule has 0 radical (unpaired) electrons. The molecule has 3 aromatic rings. The first-order valence-corrected chi connectivity index (χ1v) is 8.74. The Labute approximate surface area is 150 Å². The van der Waals surface area contributed by atoms with E-state index in [0.717, 1.165) is 21.3 Å². The second kappa shape index (κ2) is 7.58. The van der Waals surface area contributed by atoms with Gasteiger partial charge in [0, 0.05) is 32.1 Å². The Morgan fingerprint density at radius 1 is 1.24 bits per heavy atom. The van der Waals surface area contributed by atoms with Crippen molar-refractivity contribution >= 4 is 33.3 Å². The average Bonchev–Trinajstić information content (AvgIpc) is 3.04. The van der Waals surface area contributed by atoms with E-state index in [9.17, 15) is 4.79 Å². The Balaban J connectivity index is 2.07. The predicted octanol–water partition coefficient (Wildman–Crippen LogP) is 3.00. The van der Waals surface area contributed by atoms with Gasteiger partial charge in [0.25, 0.3) is 0 Å². The summed E-state index contributed by atoms with van der Waals surface area (Å²) < 4.78 is 5.16. The Bertz CT molecular complexity index is 877. The van der Waals surface area contributed by atoms with Crippen LogP contribution in [0.5, 0.6) is 0 Å². The molecule has 3 rings (SSSR count). The van der Waals surface area contributed by atoms with Crippen LogP contribution in [0.2, 0.25) is 0 Å². The Morgan fingerprint density at radius 3 is 2.68 bits per heavy atom. The number of methoxy groups -OCH3 is 1. The molecule has 7 heteroatoms. The Hall–Kier alpha value is -2.51. The number of hydrogen-bond acceptors (Lipinski definition) is 6. The molecule has 0 aliphatic carbocycles. The zero-order valence-corrected chi connectivity index (χ0v) is 15.3. The van der Waals surface area contributed by atoms with E-state index in [0.29, 0.717) is 18.2 Å². The molecule has 2 aromatic heterocycles. The Morgan fingerprint density at radius 2 is 2.00 bits per heavy atom. The number of nitrogens with zero attached hydrogens (tertiary/aromatic N) is 3. The van der Waals surface area contributed by atoms with Crippen molar-refractivity contribution in [3.05, 3.63) is 41.5 Å². The van der Waals surface area contributed by atoms with E-state index >= 15 is 0 Å². The SMILES string of the molecule is COCc1nc(NCC(=O)N(C)C)c2c(-c3ccccc3)csc2n1. The van der Waals surface area contributed by atoms with Gasteiger partial charge in [0.05, 0.1) is 11.9 Å². The van der Waals surface area contributed by atoms with Crippen LogP contribution in [0.15, 0.2) is 35.7 Å². The number of thiophene rings is 1. The summed E-state index contributed by atoms with van der Waals surface area (Å²) in [5.41, 5.74) is 2.16. The molecule has 2 heterocycles. The molecular weight excluding hydrogens is 336 g/mol. The fourth-order valence-electron chi connectivity index (χ4n) is 2.46. The lowest BCUT2D eigenvalue weighted by Crippen LogP contribution is -2.29. The van der Waals surface area contributed by atoms with Crippen molar-refractivity contribution in [1.29, 1.82) is 0 Å². The maximum Gasteiger partial charge on any atom is 0.241 e. The average molecular weight is 356 g/mol. The number of likely N-dealkylation sites (N-methyl/N-ethyl adjacent to an activating group) is 1. The molecule has 25 heavy (non-hydrogen) atoms. The van der Waals surface area contributed by atoms with Gasteiger partial charge in [-0.3, -0.25) is 4.79 Å².